The van der Waals surface area contributed by atoms with Gasteiger partial charge in [-0.3, -0.25) is 4.57 Å². The van der Waals surface area contributed by atoms with Gasteiger partial charge >= 0.3 is 0 Å². The van der Waals surface area contributed by atoms with E-state index >= 15 is 0 Å². The minimum atomic E-state index is -5.65. The Balaban J connectivity index is 1.05. The number of ether oxygens (including phenoxy) is 1. The fourth-order valence-corrected chi connectivity index (χ4v) is 16.5. The van der Waals surface area contributed by atoms with E-state index in [9.17, 15) is 16.4 Å². The number of benzene rings is 11. The van der Waals surface area contributed by atoms with E-state index in [1.165, 1.54) is 12.3 Å². The summed E-state index contributed by atoms with van der Waals surface area (Å²) in [7, 11) is -5.65. The quantitative estimate of drug-likeness (QED) is 0.0820. The van der Waals surface area contributed by atoms with Crippen molar-refractivity contribution in [1.29, 1.82) is 0 Å². The van der Waals surface area contributed by atoms with Crippen LogP contribution in [0, 0.1) is 6.85 Å². The summed E-state index contributed by atoms with van der Waals surface area (Å²) in [6.45, 7) is 10.6. The summed E-state index contributed by atoms with van der Waals surface area (Å²) in [5.74, 6) is 1.40. The van der Waals surface area contributed by atoms with E-state index in [1.54, 1.807) is 24.3 Å². The van der Waals surface area contributed by atoms with Crippen LogP contribution in [-0.4, -0.2) is 22.2 Å². The van der Waals surface area contributed by atoms with Gasteiger partial charge in [-0.25, -0.2) is 4.98 Å². The zero-order chi connectivity index (χ0) is 74.7. The van der Waals surface area contributed by atoms with Crippen LogP contribution in [0.3, 0.4) is 0 Å². The average Bonchev–Trinajstić information content (AvgIpc) is 1.62. The highest BCUT2D eigenvalue weighted by molar-refractivity contribution is 7.20. The van der Waals surface area contributed by atoms with Crippen LogP contribution in [-0.2, 0) is 10.8 Å². The molecule has 4 heterocycles. The molecule has 87 heavy (non-hydrogen) atoms. The van der Waals surface area contributed by atoms with Gasteiger partial charge in [-0.2, -0.15) is 9.13 Å². The highest BCUT2D eigenvalue weighted by atomic mass is 28.3. The van der Waals surface area contributed by atoms with Gasteiger partial charge in [0.1, 0.15) is 28.7 Å². The maximum Gasteiger partial charge on any atom is 0.255 e. The highest BCUT2D eigenvalue weighted by Gasteiger charge is 2.42. The van der Waals surface area contributed by atoms with Gasteiger partial charge in [0.15, 0.2) is 19.1 Å². The Hall–Kier alpha value is -10.1. The number of aryl methyl sites for hydroxylation is 1. The van der Waals surface area contributed by atoms with Gasteiger partial charge in [0.25, 0.3) is 6.33 Å². The fraction of sp³-hybridized carbons (Fsp3) is 0.111. The first kappa shape index (κ1) is 37.3. The topological polar surface area (TPSA) is 35.9 Å². The number of hydrogen-bond acceptors (Lipinski definition) is 2. The molecule has 5 nitrogen and oxygen atoms in total. The average molecular weight is 1160 g/mol. The zero-order valence-electron chi connectivity index (χ0n) is 66.6. The Labute approximate surface area is 536 Å². The third kappa shape index (κ3) is 9.05. The molecule has 0 radical (unpaired) electrons. The molecule has 0 fully saturated rings. The highest BCUT2D eigenvalue weighted by Crippen LogP contribution is 2.46. The second-order valence-electron chi connectivity index (χ2n) is 24.1. The van der Waals surface area contributed by atoms with E-state index in [2.05, 4.69) is 86.0 Å². The number of fused-ring (bicyclic) bond motifs is 10. The Bertz CT molecular complexity index is 5780. The lowest BCUT2D eigenvalue weighted by atomic mass is 9.78. The molecule has 0 amide bonds. The third-order valence-corrected chi connectivity index (χ3v) is 21.0. The molecule has 420 valence electrons. The lowest BCUT2D eigenvalue weighted by Gasteiger charge is -2.35. The van der Waals surface area contributed by atoms with Crippen LogP contribution in [0.5, 0.6) is 11.5 Å². The summed E-state index contributed by atoms with van der Waals surface area (Å²) in [6, 6.07) is 43.2. The number of hydrogen-bond donors (Lipinski definition) is 0. The summed E-state index contributed by atoms with van der Waals surface area (Å²) in [4.78, 5) is 4.67. The lowest BCUT2D eigenvalue weighted by Crippen LogP contribution is -2.74. The molecule has 6 heteroatoms. The van der Waals surface area contributed by atoms with Crippen LogP contribution < -0.4 is 30.1 Å². The molecule has 3 aromatic heterocycles. The molecule has 15 rings (SSSR count). The van der Waals surface area contributed by atoms with Gasteiger partial charge in [-0.05, 0) is 138 Å². The van der Waals surface area contributed by atoms with Crippen molar-refractivity contribution in [3.8, 4) is 73.2 Å². The Morgan fingerprint density at radius 1 is 0.460 bits per heavy atom. The molecule has 0 unspecified atom stereocenters. The van der Waals surface area contributed by atoms with Gasteiger partial charge in [0.2, 0.25) is 0 Å². The third-order valence-electron chi connectivity index (χ3n) is 16.8. The molecule has 0 saturated heterocycles. The van der Waals surface area contributed by atoms with Crippen molar-refractivity contribution < 1.29 is 34.0 Å². The summed E-state index contributed by atoms with van der Waals surface area (Å²) in [5, 5.41) is 0.0240. The number of rotatable bonds is 9. The molecule has 14 aromatic rings. The second-order valence-corrected chi connectivity index (χ2v) is 27.7. The predicted molar refractivity (Wildman–Crippen MR) is 365 cm³/mol. The van der Waals surface area contributed by atoms with Crippen molar-refractivity contribution in [2.75, 3.05) is 0 Å². The smallest absolute Gasteiger partial charge is 0.255 e. The van der Waals surface area contributed by atoms with Gasteiger partial charge in [0, 0.05) is 49.9 Å². The lowest BCUT2D eigenvalue weighted by molar-refractivity contribution is -0.566. The van der Waals surface area contributed by atoms with E-state index in [4.69, 9.17) is 13.0 Å². The van der Waals surface area contributed by atoms with E-state index in [1.807, 2.05) is 126 Å². The largest absolute Gasteiger partial charge is 0.457 e. The maximum atomic E-state index is 9.97. The molecular formula is C81H67N4OSi+. The minimum Gasteiger partial charge on any atom is -0.457 e. The maximum absolute atomic E-state index is 9.97. The van der Waals surface area contributed by atoms with Crippen molar-refractivity contribution in [3.63, 3.8) is 0 Å². The standard InChI is InChI=1S/C81H67N4OSi/c1-54-44-45-82-77(46-54)85-74-38-20-19-34-69(74)70-42-40-60(51-76(70)85)86-59-25-21-24-58(50-59)83-53-84-78-65(55-47-56(80(2,3)4)49-57(48-55)81(5,6)7)35-22-36-72(78)73-52-64(41-43-68(73)66-32-17-18-33-67(66)71-37-23-39-75(83)79(71)84)87(61-26-11-8-12-27-61,62-28-13-9-14-29-62)63-30-15-10-16-31-63/h8-53H,1-7H3/q+1/i1D3,8D,9D,10D,11D,12D,13D,14D,15D,16D,26D,27D,28D,29D,30D,31D. The normalized spacial score (nSPS) is 15.4. The van der Waals surface area contributed by atoms with Crippen LogP contribution in [0.15, 0.2) is 279 Å². The molecule has 0 aliphatic carbocycles. The molecule has 0 N–H and O–H groups in total. The van der Waals surface area contributed by atoms with Crippen molar-refractivity contribution >= 4 is 61.7 Å². The SMILES string of the molecule is [2H]c1c([2H])c([2H])c([Si](c2ccc3c(c2)-c2cccc(-c4cc(C(C)(C)C)cc(C(C)(C)C)c4)c2-[n+]2cn(-c4cccc(Oc5ccc6c7ccccc7n(-c7cc(C([2H])([2H])[2H])ccn7)c6c5)c4)c4cccc(c42)-c2ccccc2-3)(c2c([2H])c([2H])c([2H])c([2H])c2[2H])c2c([2H])c([2H])c([2H])c([2H])c2[2H])c([2H])c1[2H]. The van der Waals surface area contributed by atoms with Crippen LogP contribution in [0.25, 0.3) is 94.5 Å². The summed E-state index contributed by atoms with van der Waals surface area (Å²) in [5.41, 5.74) is 11.4. The van der Waals surface area contributed by atoms with Gasteiger partial charge in [-0.1, -0.05) is 241 Å². The second kappa shape index (κ2) is 20.8. The Morgan fingerprint density at radius 3 is 1.72 bits per heavy atom. The van der Waals surface area contributed by atoms with Crippen molar-refractivity contribution in [2.24, 2.45) is 0 Å². The monoisotopic (exact) mass is 1160 g/mol. The molecule has 1 aliphatic rings. The minimum absolute atomic E-state index is 0.0308. The van der Waals surface area contributed by atoms with E-state index in [0.717, 1.165) is 66.2 Å². The van der Waals surface area contributed by atoms with Gasteiger partial charge in [-0.15, -0.1) is 0 Å². The zero-order valence-corrected chi connectivity index (χ0v) is 49.6. The van der Waals surface area contributed by atoms with Crippen molar-refractivity contribution in [2.45, 2.75) is 59.2 Å². The summed E-state index contributed by atoms with van der Waals surface area (Å²) >= 11 is 0. The first-order valence-electron chi connectivity index (χ1n) is 37.8. The number of aromatic nitrogens is 4. The first-order chi connectivity index (χ1) is 49.7. The van der Waals surface area contributed by atoms with Crippen LogP contribution in [0.4, 0.5) is 0 Å². The summed E-state index contributed by atoms with van der Waals surface area (Å²) < 4.78 is 180. The Morgan fingerprint density at radius 2 is 1.03 bits per heavy atom. The number of pyridine rings is 1. The molecule has 0 spiro atoms. The molecule has 1 aliphatic heterocycles. The first-order valence-corrected chi connectivity index (χ1v) is 30.8. The van der Waals surface area contributed by atoms with Crippen molar-refractivity contribution in [3.05, 3.63) is 296 Å². The van der Waals surface area contributed by atoms with Crippen LogP contribution >= 0.6 is 0 Å². The van der Waals surface area contributed by atoms with Gasteiger partial charge in [0.05, 0.1) is 31.6 Å². The van der Waals surface area contributed by atoms with E-state index < -0.39 is 121 Å². The summed E-state index contributed by atoms with van der Waals surface area (Å²) in [6.07, 6.45) is 3.52. The molecule has 0 bridgehead atoms. The Kier molecular flexibility index (Phi) is 8.94. The van der Waals surface area contributed by atoms with Crippen LogP contribution in [0.1, 0.15) is 82.9 Å². The predicted octanol–water partition coefficient (Wildman–Crippen LogP) is 17.5. The van der Waals surface area contributed by atoms with Gasteiger partial charge < -0.3 is 4.74 Å². The molecule has 0 atom stereocenters. The fourth-order valence-electron chi connectivity index (χ4n) is 12.7. The van der Waals surface area contributed by atoms with Crippen LogP contribution in [0.2, 0.25) is 0 Å². The number of nitrogens with zero attached hydrogens (tertiary/aromatic N) is 4. The molecular weight excluding hydrogens is 1070 g/mol. The van der Waals surface area contributed by atoms with E-state index in [0.29, 0.717) is 50.9 Å². The number of para-hydroxylation sites is 3. The van der Waals surface area contributed by atoms with Crippen molar-refractivity contribution in [1.82, 2.24) is 14.1 Å². The molecule has 0 saturated carbocycles. The number of imidazole rings is 1. The molecule has 11 aromatic carbocycles. The van der Waals surface area contributed by atoms with E-state index in [-0.39, 0.29) is 21.6 Å².